The Morgan fingerprint density at radius 1 is 1.67 bits per heavy atom. The summed E-state index contributed by atoms with van der Waals surface area (Å²) in [5, 5.41) is 2.00. The zero-order valence-electron chi connectivity index (χ0n) is 7.33. The van der Waals surface area contributed by atoms with E-state index in [-0.39, 0.29) is 0 Å². The van der Waals surface area contributed by atoms with Gasteiger partial charge in [0, 0.05) is 16.4 Å². The van der Waals surface area contributed by atoms with E-state index in [1.807, 2.05) is 18.4 Å². The van der Waals surface area contributed by atoms with Crippen molar-refractivity contribution >= 4 is 17.1 Å². The SMILES string of the molecule is Cc1sccc1C(=O)C1CC1C. The highest BCUT2D eigenvalue weighted by atomic mass is 32.1. The number of thiophene rings is 1. The van der Waals surface area contributed by atoms with Crippen molar-refractivity contribution in [3.63, 3.8) is 0 Å². The number of aryl methyl sites for hydroxylation is 1. The van der Waals surface area contributed by atoms with Crippen molar-refractivity contribution in [1.29, 1.82) is 0 Å². The standard InChI is InChI=1S/C10H12OS/c1-6-5-9(6)10(11)8-3-4-12-7(8)2/h3-4,6,9H,5H2,1-2H3. The molecule has 0 radical (unpaired) electrons. The first-order valence-electron chi connectivity index (χ1n) is 4.28. The molecule has 12 heavy (non-hydrogen) atoms. The minimum Gasteiger partial charge on any atom is -0.294 e. The molecule has 1 aliphatic rings. The Labute approximate surface area is 76.4 Å². The second-order valence-electron chi connectivity index (χ2n) is 3.57. The maximum absolute atomic E-state index is 11.7. The predicted molar refractivity (Wildman–Crippen MR) is 50.7 cm³/mol. The number of hydrogen-bond acceptors (Lipinski definition) is 2. The van der Waals surface area contributed by atoms with Gasteiger partial charge in [0.25, 0.3) is 0 Å². The van der Waals surface area contributed by atoms with E-state index in [1.165, 1.54) is 4.88 Å². The van der Waals surface area contributed by atoms with E-state index in [0.717, 1.165) is 12.0 Å². The third-order valence-electron chi connectivity index (χ3n) is 2.57. The smallest absolute Gasteiger partial charge is 0.167 e. The number of carbonyl (C=O) groups is 1. The molecule has 2 atom stereocenters. The average molecular weight is 180 g/mol. The molecule has 1 heterocycles. The number of ketones is 1. The fourth-order valence-electron chi connectivity index (χ4n) is 1.53. The molecule has 0 aliphatic heterocycles. The Balaban J connectivity index is 2.20. The molecular formula is C10H12OS. The van der Waals surface area contributed by atoms with E-state index in [4.69, 9.17) is 0 Å². The van der Waals surface area contributed by atoms with Gasteiger partial charge < -0.3 is 0 Å². The fraction of sp³-hybridized carbons (Fsp3) is 0.500. The highest BCUT2D eigenvalue weighted by Gasteiger charge is 2.39. The molecule has 0 bridgehead atoms. The van der Waals surface area contributed by atoms with Crippen molar-refractivity contribution in [2.75, 3.05) is 0 Å². The van der Waals surface area contributed by atoms with Crippen LogP contribution in [0.5, 0.6) is 0 Å². The van der Waals surface area contributed by atoms with Crippen molar-refractivity contribution in [3.05, 3.63) is 21.9 Å². The molecule has 1 fully saturated rings. The Morgan fingerprint density at radius 2 is 2.33 bits per heavy atom. The fourth-order valence-corrected chi connectivity index (χ4v) is 2.23. The van der Waals surface area contributed by atoms with Gasteiger partial charge in [-0.25, -0.2) is 0 Å². The highest BCUT2D eigenvalue weighted by Crippen LogP contribution is 2.41. The molecule has 1 aliphatic carbocycles. The number of rotatable bonds is 2. The molecule has 0 aromatic carbocycles. The minimum absolute atomic E-state index is 0.332. The largest absolute Gasteiger partial charge is 0.294 e. The van der Waals surface area contributed by atoms with Gasteiger partial charge in [0.15, 0.2) is 5.78 Å². The van der Waals surface area contributed by atoms with Crippen LogP contribution in [-0.2, 0) is 0 Å². The summed E-state index contributed by atoms with van der Waals surface area (Å²) < 4.78 is 0. The Bertz CT molecular complexity index is 313. The van der Waals surface area contributed by atoms with Crippen LogP contribution in [0.1, 0.15) is 28.6 Å². The summed E-state index contributed by atoms with van der Waals surface area (Å²) in [6.07, 6.45) is 1.09. The van der Waals surface area contributed by atoms with Gasteiger partial charge >= 0.3 is 0 Å². The molecule has 1 aromatic heterocycles. The van der Waals surface area contributed by atoms with E-state index < -0.39 is 0 Å². The maximum atomic E-state index is 11.7. The minimum atomic E-state index is 0.332. The Hall–Kier alpha value is -0.630. The van der Waals surface area contributed by atoms with Gasteiger partial charge in [-0.1, -0.05) is 6.92 Å². The van der Waals surface area contributed by atoms with Crippen LogP contribution in [0.3, 0.4) is 0 Å². The third-order valence-corrected chi connectivity index (χ3v) is 3.42. The first kappa shape index (κ1) is 7.99. The lowest BCUT2D eigenvalue weighted by Gasteiger charge is -1.95. The quantitative estimate of drug-likeness (QED) is 0.639. The van der Waals surface area contributed by atoms with E-state index >= 15 is 0 Å². The van der Waals surface area contributed by atoms with E-state index in [0.29, 0.717) is 17.6 Å². The summed E-state index contributed by atoms with van der Waals surface area (Å²) in [7, 11) is 0. The molecule has 1 nitrogen and oxygen atoms in total. The monoisotopic (exact) mass is 180 g/mol. The van der Waals surface area contributed by atoms with Gasteiger partial charge in [0.2, 0.25) is 0 Å². The molecule has 2 heteroatoms. The van der Waals surface area contributed by atoms with Gasteiger partial charge in [0.1, 0.15) is 0 Å². The van der Waals surface area contributed by atoms with Crippen LogP contribution in [-0.4, -0.2) is 5.78 Å². The number of Topliss-reactive ketones (excluding diaryl/α,β-unsaturated/α-hetero) is 1. The van der Waals surface area contributed by atoms with Gasteiger partial charge in [-0.15, -0.1) is 11.3 Å². The van der Waals surface area contributed by atoms with Crippen molar-refractivity contribution < 1.29 is 4.79 Å². The molecule has 1 aromatic rings. The van der Waals surface area contributed by atoms with Crippen molar-refractivity contribution in [2.24, 2.45) is 11.8 Å². The van der Waals surface area contributed by atoms with Crippen LogP contribution in [0.25, 0.3) is 0 Å². The first-order valence-corrected chi connectivity index (χ1v) is 5.16. The topological polar surface area (TPSA) is 17.1 Å². The third kappa shape index (κ3) is 1.20. The lowest BCUT2D eigenvalue weighted by molar-refractivity contribution is 0.0962. The van der Waals surface area contributed by atoms with E-state index in [2.05, 4.69) is 6.92 Å². The van der Waals surface area contributed by atoms with Crippen LogP contribution >= 0.6 is 11.3 Å². The lowest BCUT2D eigenvalue weighted by atomic mass is 10.1. The van der Waals surface area contributed by atoms with Gasteiger partial charge in [0.05, 0.1) is 0 Å². The summed E-state index contributed by atoms with van der Waals surface area (Å²) in [6.45, 7) is 4.16. The van der Waals surface area contributed by atoms with Gasteiger partial charge in [-0.3, -0.25) is 4.79 Å². The van der Waals surface area contributed by atoms with Crippen molar-refractivity contribution in [2.45, 2.75) is 20.3 Å². The molecule has 0 spiro atoms. The molecule has 0 amide bonds. The Kier molecular flexibility index (Phi) is 1.80. The van der Waals surface area contributed by atoms with Crippen molar-refractivity contribution in [3.8, 4) is 0 Å². The second kappa shape index (κ2) is 2.70. The van der Waals surface area contributed by atoms with Gasteiger partial charge in [-0.05, 0) is 30.7 Å². The lowest BCUT2D eigenvalue weighted by Crippen LogP contribution is -2.02. The average Bonchev–Trinajstić information content (AvgIpc) is 2.59. The zero-order chi connectivity index (χ0) is 8.72. The molecule has 0 saturated heterocycles. The molecule has 2 unspecified atom stereocenters. The molecule has 64 valence electrons. The second-order valence-corrected chi connectivity index (χ2v) is 4.69. The highest BCUT2D eigenvalue weighted by molar-refractivity contribution is 7.10. The predicted octanol–water partition coefficient (Wildman–Crippen LogP) is 2.90. The summed E-state index contributed by atoms with van der Waals surface area (Å²) in [5.74, 6) is 1.32. The van der Waals surface area contributed by atoms with Crippen LogP contribution in [0, 0.1) is 18.8 Å². The zero-order valence-corrected chi connectivity index (χ0v) is 8.15. The van der Waals surface area contributed by atoms with Crippen LogP contribution < -0.4 is 0 Å². The number of hydrogen-bond donors (Lipinski definition) is 0. The molecule has 1 saturated carbocycles. The van der Waals surface area contributed by atoms with Crippen LogP contribution in [0.4, 0.5) is 0 Å². The normalized spacial score (nSPS) is 27.2. The summed E-state index contributed by atoms with van der Waals surface area (Å²) in [6, 6.07) is 1.95. The Morgan fingerprint density at radius 3 is 2.75 bits per heavy atom. The molecule has 2 rings (SSSR count). The van der Waals surface area contributed by atoms with E-state index in [9.17, 15) is 4.79 Å². The first-order chi connectivity index (χ1) is 5.70. The van der Waals surface area contributed by atoms with E-state index in [1.54, 1.807) is 11.3 Å². The maximum Gasteiger partial charge on any atom is 0.167 e. The number of carbonyl (C=O) groups excluding carboxylic acids is 1. The van der Waals surface area contributed by atoms with Crippen LogP contribution in [0.15, 0.2) is 11.4 Å². The van der Waals surface area contributed by atoms with Crippen LogP contribution in [0.2, 0.25) is 0 Å². The summed E-state index contributed by atoms with van der Waals surface area (Å²) in [4.78, 5) is 12.9. The molecular weight excluding hydrogens is 168 g/mol. The van der Waals surface area contributed by atoms with Crippen molar-refractivity contribution in [1.82, 2.24) is 0 Å². The summed E-state index contributed by atoms with van der Waals surface area (Å²) >= 11 is 1.66. The summed E-state index contributed by atoms with van der Waals surface area (Å²) in [5.41, 5.74) is 0.953. The van der Waals surface area contributed by atoms with Gasteiger partial charge in [-0.2, -0.15) is 0 Å². The molecule has 0 N–H and O–H groups in total.